The average Bonchev–Trinajstić information content (AvgIpc) is 2.39. The van der Waals surface area contributed by atoms with Crippen LogP contribution in [0.25, 0.3) is 0 Å². The van der Waals surface area contributed by atoms with Gasteiger partial charge in [-0.1, -0.05) is 0 Å². The van der Waals surface area contributed by atoms with Crippen molar-refractivity contribution in [1.82, 2.24) is 5.32 Å². The van der Waals surface area contributed by atoms with Gasteiger partial charge in [0.25, 0.3) is 5.79 Å². The molecule has 0 bridgehead atoms. The van der Waals surface area contributed by atoms with E-state index in [9.17, 15) is 34.4 Å². The summed E-state index contributed by atoms with van der Waals surface area (Å²) < 4.78 is 17.2. The zero-order chi connectivity index (χ0) is 16.4. The molecule has 1 aliphatic heterocycles. The van der Waals surface area contributed by atoms with Crippen molar-refractivity contribution in [2.75, 3.05) is 6.67 Å². The molecule has 1 fully saturated rings. The molecular weight excluding hydrogens is 293 g/mol. The molecule has 0 aromatic carbocycles. The number of nitrogens with one attached hydrogen (secondary N) is 1. The second kappa shape index (κ2) is 6.62. The third-order valence-electron chi connectivity index (χ3n) is 3.18. The molecule has 1 saturated heterocycles. The van der Waals surface area contributed by atoms with E-state index in [-0.39, 0.29) is 0 Å². The topological polar surface area (TPSA) is 157 Å². The fourth-order valence-corrected chi connectivity index (χ4v) is 2.12. The van der Waals surface area contributed by atoms with E-state index in [2.05, 4.69) is 5.32 Å². The Labute approximate surface area is 119 Å². The third kappa shape index (κ3) is 3.86. The number of ether oxygens (including phenoxy) is 1. The molecule has 1 amide bonds. The molecule has 1 aliphatic rings. The van der Waals surface area contributed by atoms with Crippen LogP contribution in [0.15, 0.2) is 0 Å². The lowest BCUT2D eigenvalue weighted by atomic mass is 9.89. The van der Waals surface area contributed by atoms with Crippen LogP contribution in [0.4, 0.5) is 4.39 Å². The quantitative estimate of drug-likeness (QED) is 0.316. The minimum Gasteiger partial charge on any atom is -0.477 e. The van der Waals surface area contributed by atoms with Crippen LogP contribution in [0, 0.1) is 0 Å². The average molecular weight is 311 g/mol. The molecule has 21 heavy (non-hydrogen) atoms. The number of aliphatic hydroxyl groups is 4. The number of aliphatic carboxylic acids is 1. The Bertz CT molecular complexity index is 408. The van der Waals surface area contributed by atoms with Crippen molar-refractivity contribution in [2.24, 2.45) is 0 Å². The Hall–Kier alpha value is -1.33. The van der Waals surface area contributed by atoms with Gasteiger partial charge >= 0.3 is 5.97 Å². The first-order valence-electron chi connectivity index (χ1n) is 6.13. The predicted octanol–water partition coefficient (Wildman–Crippen LogP) is -2.89. The summed E-state index contributed by atoms with van der Waals surface area (Å²) in [6.45, 7) is -0.269. The summed E-state index contributed by atoms with van der Waals surface area (Å²) in [5.41, 5.74) is 0. The molecule has 6 N–H and O–H groups in total. The maximum absolute atomic E-state index is 12.4. The van der Waals surface area contributed by atoms with Gasteiger partial charge in [0.1, 0.15) is 25.0 Å². The van der Waals surface area contributed by atoms with Gasteiger partial charge in [0, 0.05) is 13.3 Å². The largest absolute Gasteiger partial charge is 0.477 e. The fourth-order valence-electron chi connectivity index (χ4n) is 2.12. The number of alkyl halides is 1. The Balaban J connectivity index is 3.07. The molecule has 0 aromatic heterocycles. The number of carboxylic acids is 1. The van der Waals surface area contributed by atoms with E-state index < -0.39 is 61.2 Å². The summed E-state index contributed by atoms with van der Waals surface area (Å²) in [7, 11) is 0. The van der Waals surface area contributed by atoms with Gasteiger partial charge in [-0.15, -0.1) is 0 Å². The van der Waals surface area contributed by atoms with Crippen LogP contribution in [0.5, 0.6) is 0 Å². The van der Waals surface area contributed by atoms with Gasteiger partial charge in [0.15, 0.2) is 0 Å². The summed E-state index contributed by atoms with van der Waals surface area (Å²) in [5.74, 6) is -5.28. The lowest BCUT2D eigenvalue weighted by Crippen LogP contribution is -2.67. The highest BCUT2D eigenvalue weighted by atomic mass is 19.1. The minimum absolute atomic E-state index is 0.629. The van der Waals surface area contributed by atoms with Crippen molar-refractivity contribution in [1.29, 1.82) is 0 Å². The number of hydrogen-bond donors (Lipinski definition) is 6. The second-order valence-corrected chi connectivity index (χ2v) is 4.88. The number of rotatable bonds is 5. The molecule has 122 valence electrons. The number of carbonyl (C=O) groups is 2. The van der Waals surface area contributed by atoms with Crippen LogP contribution in [-0.2, 0) is 14.3 Å². The maximum Gasteiger partial charge on any atom is 0.364 e. The van der Waals surface area contributed by atoms with Crippen LogP contribution in [0.1, 0.15) is 13.3 Å². The van der Waals surface area contributed by atoms with E-state index in [1.807, 2.05) is 0 Å². The molecule has 0 spiro atoms. The number of halogens is 1. The zero-order valence-corrected chi connectivity index (χ0v) is 11.1. The van der Waals surface area contributed by atoms with E-state index >= 15 is 0 Å². The van der Waals surface area contributed by atoms with Crippen molar-refractivity contribution < 1.29 is 44.2 Å². The van der Waals surface area contributed by atoms with Crippen molar-refractivity contribution in [3.8, 4) is 0 Å². The van der Waals surface area contributed by atoms with E-state index in [1.165, 1.54) is 0 Å². The molecule has 9 nitrogen and oxygen atoms in total. The van der Waals surface area contributed by atoms with Gasteiger partial charge in [-0.25, -0.2) is 9.18 Å². The monoisotopic (exact) mass is 311 g/mol. The van der Waals surface area contributed by atoms with Crippen molar-refractivity contribution in [2.45, 2.75) is 49.6 Å². The highest BCUT2D eigenvalue weighted by Crippen LogP contribution is 2.30. The van der Waals surface area contributed by atoms with E-state index in [0.29, 0.717) is 0 Å². The van der Waals surface area contributed by atoms with Gasteiger partial charge in [-0.3, -0.25) is 4.79 Å². The van der Waals surface area contributed by atoms with Gasteiger partial charge in [-0.05, 0) is 0 Å². The molecular formula is C11H18FNO8. The van der Waals surface area contributed by atoms with Crippen LogP contribution in [-0.4, -0.2) is 80.3 Å². The highest BCUT2D eigenvalue weighted by molar-refractivity contribution is 5.76. The summed E-state index contributed by atoms with van der Waals surface area (Å²) in [6.07, 6.45) is -7.98. The molecule has 10 heteroatoms. The fraction of sp³-hybridized carbons (Fsp3) is 0.818. The number of aliphatic hydroxyl groups excluding tert-OH is 3. The number of carboxylic acid groups (broad SMARTS) is 1. The summed E-state index contributed by atoms with van der Waals surface area (Å²) >= 11 is 0. The van der Waals surface area contributed by atoms with Crippen molar-refractivity contribution in [3.05, 3.63) is 0 Å². The molecule has 4 unspecified atom stereocenters. The smallest absolute Gasteiger partial charge is 0.364 e. The lowest BCUT2D eigenvalue weighted by molar-refractivity contribution is -0.294. The molecule has 6 atom stereocenters. The lowest BCUT2D eigenvalue weighted by Gasteiger charge is -2.44. The second-order valence-electron chi connectivity index (χ2n) is 4.88. The van der Waals surface area contributed by atoms with Gasteiger partial charge in [0.2, 0.25) is 5.91 Å². The summed E-state index contributed by atoms with van der Waals surface area (Å²) in [6, 6.07) is -1.32. The number of hydrogen-bond acceptors (Lipinski definition) is 7. The number of amides is 1. The Kier molecular flexibility index (Phi) is 5.59. The first kappa shape index (κ1) is 17.7. The molecule has 0 aromatic rings. The van der Waals surface area contributed by atoms with E-state index in [0.717, 1.165) is 6.92 Å². The molecule has 0 aliphatic carbocycles. The maximum atomic E-state index is 12.4. The van der Waals surface area contributed by atoms with E-state index in [1.54, 1.807) is 0 Å². The Morgan fingerprint density at radius 1 is 1.48 bits per heavy atom. The van der Waals surface area contributed by atoms with Crippen LogP contribution >= 0.6 is 0 Å². The number of carbonyl (C=O) groups excluding carboxylic acids is 1. The van der Waals surface area contributed by atoms with Crippen LogP contribution in [0.3, 0.4) is 0 Å². The SMILES string of the molecule is CC(=O)NC1C(O)CC(O)(C(=O)O)OC1[C@@H](O)[C@@H](O)CF. The van der Waals surface area contributed by atoms with Crippen molar-refractivity contribution >= 4 is 11.9 Å². The summed E-state index contributed by atoms with van der Waals surface area (Å²) in [4.78, 5) is 22.1. The molecule has 1 rings (SSSR count). The van der Waals surface area contributed by atoms with E-state index in [4.69, 9.17) is 9.84 Å². The van der Waals surface area contributed by atoms with Crippen LogP contribution < -0.4 is 5.32 Å². The van der Waals surface area contributed by atoms with Gasteiger partial charge in [0.05, 0.1) is 12.1 Å². The van der Waals surface area contributed by atoms with Crippen molar-refractivity contribution in [3.63, 3.8) is 0 Å². The standard InChI is InChI=1S/C11H18FNO8/c1-4(14)13-7-5(15)2-11(20,10(18)19)21-9(7)8(17)6(16)3-12/h5-9,15-17,20H,2-3H2,1H3,(H,13,14)(H,18,19)/t5?,6-,7?,8-,9?,11?/m0/s1. The van der Waals surface area contributed by atoms with Gasteiger partial charge in [-0.2, -0.15) is 0 Å². The molecule has 1 heterocycles. The van der Waals surface area contributed by atoms with Gasteiger partial charge < -0.3 is 35.6 Å². The first-order chi connectivity index (χ1) is 9.62. The molecule has 0 saturated carbocycles. The normalized spacial score (nSPS) is 35.8. The Morgan fingerprint density at radius 3 is 2.48 bits per heavy atom. The third-order valence-corrected chi connectivity index (χ3v) is 3.18. The Morgan fingerprint density at radius 2 is 2.05 bits per heavy atom. The minimum atomic E-state index is -2.82. The zero-order valence-electron chi connectivity index (χ0n) is 11.1. The predicted molar refractivity (Wildman–Crippen MR) is 63.7 cm³/mol. The highest BCUT2D eigenvalue weighted by Gasteiger charge is 2.53. The summed E-state index contributed by atoms with van der Waals surface area (Å²) in [5, 5.41) is 49.8. The molecule has 0 radical (unpaired) electrons. The first-order valence-corrected chi connectivity index (χ1v) is 6.13. The van der Waals surface area contributed by atoms with Crippen LogP contribution in [0.2, 0.25) is 0 Å².